The van der Waals surface area contributed by atoms with Crippen LogP contribution in [-0.4, -0.2) is 11.9 Å². The average molecular weight is 433 g/mol. The standard InChI is InChI=1S/C19H19BrN2OS.C2H6/c1-11-6-13-3-5-17(24-21)10-18(13)22(11)19(23)15-7-12-2-4-16(20)9-14(12)8-15;1-2/h2-5,9-11,15H,6-8,21H2,1H3;1-2H3/t11?,15-;/m1./s1. The first-order valence-corrected chi connectivity index (χ1v) is 10.8. The molecule has 0 radical (unpaired) electrons. The Morgan fingerprint density at radius 3 is 2.50 bits per heavy atom. The first-order chi connectivity index (χ1) is 12.6. The van der Waals surface area contributed by atoms with Gasteiger partial charge in [0.25, 0.3) is 0 Å². The molecule has 26 heavy (non-hydrogen) atoms. The Morgan fingerprint density at radius 1 is 1.08 bits per heavy atom. The Morgan fingerprint density at radius 2 is 1.77 bits per heavy atom. The quantitative estimate of drug-likeness (QED) is 0.668. The van der Waals surface area contributed by atoms with Crippen LogP contribution in [0.1, 0.15) is 37.5 Å². The summed E-state index contributed by atoms with van der Waals surface area (Å²) in [7, 11) is 0. The number of rotatable bonds is 2. The molecule has 5 heteroatoms. The highest BCUT2D eigenvalue weighted by molar-refractivity contribution is 9.10. The average Bonchev–Trinajstić information content (AvgIpc) is 3.21. The molecular weight excluding hydrogens is 408 g/mol. The highest BCUT2D eigenvalue weighted by Crippen LogP contribution is 2.38. The summed E-state index contributed by atoms with van der Waals surface area (Å²) in [5, 5.41) is 5.70. The SMILES string of the molecule is CC.CC1Cc2ccc(SN)cc2N1C(=O)[C@@H]1Cc2ccc(Br)cc2C1. The Hall–Kier alpha value is -1.30. The van der Waals surface area contributed by atoms with E-state index in [0.29, 0.717) is 0 Å². The van der Waals surface area contributed by atoms with Crippen LogP contribution in [0.25, 0.3) is 0 Å². The van der Waals surface area contributed by atoms with Gasteiger partial charge in [0.1, 0.15) is 0 Å². The number of carbonyl (C=O) groups excluding carboxylic acids is 1. The smallest absolute Gasteiger partial charge is 0.231 e. The van der Waals surface area contributed by atoms with Crippen molar-refractivity contribution < 1.29 is 4.79 Å². The predicted octanol–water partition coefficient (Wildman–Crippen LogP) is 5.13. The molecule has 2 aliphatic rings. The zero-order valence-corrected chi connectivity index (χ0v) is 17.9. The molecule has 0 bridgehead atoms. The van der Waals surface area contributed by atoms with Gasteiger partial charge in [-0.3, -0.25) is 9.93 Å². The van der Waals surface area contributed by atoms with Gasteiger partial charge in [0.05, 0.1) is 0 Å². The van der Waals surface area contributed by atoms with Crippen molar-refractivity contribution in [3.05, 3.63) is 57.6 Å². The molecule has 3 nitrogen and oxygen atoms in total. The van der Waals surface area contributed by atoms with Crippen LogP contribution in [0.15, 0.2) is 45.8 Å². The molecular formula is C21H25BrN2OS. The normalized spacial score (nSPS) is 20.3. The van der Waals surface area contributed by atoms with E-state index >= 15 is 0 Å². The third-order valence-electron chi connectivity index (χ3n) is 5.10. The lowest BCUT2D eigenvalue weighted by molar-refractivity contribution is -0.122. The number of amides is 1. The van der Waals surface area contributed by atoms with Gasteiger partial charge in [0.2, 0.25) is 5.91 Å². The minimum atomic E-state index is 0.0388. The maximum Gasteiger partial charge on any atom is 0.231 e. The maximum atomic E-state index is 13.2. The molecule has 1 heterocycles. The van der Waals surface area contributed by atoms with Crippen molar-refractivity contribution in [2.75, 3.05) is 4.90 Å². The molecule has 0 aromatic heterocycles. The zero-order valence-electron chi connectivity index (χ0n) is 15.5. The number of nitrogens with two attached hydrogens (primary N) is 1. The van der Waals surface area contributed by atoms with Crippen LogP contribution in [-0.2, 0) is 24.1 Å². The third kappa shape index (κ3) is 3.57. The Balaban J connectivity index is 0.000000948. The van der Waals surface area contributed by atoms with Crippen molar-refractivity contribution in [2.45, 2.75) is 51.0 Å². The Labute approximate surface area is 168 Å². The van der Waals surface area contributed by atoms with Crippen molar-refractivity contribution in [3.8, 4) is 0 Å². The van der Waals surface area contributed by atoms with Crippen LogP contribution < -0.4 is 10.0 Å². The lowest BCUT2D eigenvalue weighted by atomic mass is 10.0. The molecule has 1 aliphatic heterocycles. The largest absolute Gasteiger partial charge is 0.309 e. The van der Waals surface area contributed by atoms with E-state index in [1.54, 1.807) is 0 Å². The summed E-state index contributed by atoms with van der Waals surface area (Å²) in [4.78, 5) is 16.2. The van der Waals surface area contributed by atoms with Gasteiger partial charge in [0, 0.05) is 27.0 Å². The lowest BCUT2D eigenvalue weighted by Gasteiger charge is -2.26. The molecule has 2 atom stereocenters. The number of fused-ring (bicyclic) bond motifs is 2. The van der Waals surface area contributed by atoms with E-state index in [9.17, 15) is 4.79 Å². The van der Waals surface area contributed by atoms with E-state index < -0.39 is 0 Å². The van der Waals surface area contributed by atoms with E-state index in [4.69, 9.17) is 5.14 Å². The van der Waals surface area contributed by atoms with Crippen LogP contribution in [0.2, 0.25) is 0 Å². The van der Waals surface area contributed by atoms with Gasteiger partial charge in [-0.1, -0.05) is 41.9 Å². The molecule has 4 rings (SSSR count). The minimum absolute atomic E-state index is 0.0388. The number of hydrogen-bond donors (Lipinski definition) is 1. The lowest BCUT2D eigenvalue weighted by Crippen LogP contribution is -2.40. The Bertz CT molecular complexity index is 824. The van der Waals surface area contributed by atoms with Gasteiger partial charge in [-0.15, -0.1) is 0 Å². The van der Waals surface area contributed by atoms with Crippen molar-refractivity contribution in [1.29, 1.82) is 0 Å². The molecule has 2 aromatic rings. The van der Waals surface area contributed by atoms with Crippen molar-refractivity contribution in [3.63, 3.8) is 0 Å². The summed E-state index contributed by atoms with van der Waals surface area (Å²) in [5.41, 5.74) is 4.88. The van der Waals surface area contributed by atoms with Gasteiger partial charge >= 0.3 is 0 Å². The molecule has 1 aliphatic carbocycles. The third-order valence-corrected chi connectivity index (χ3v) is 6.12. The maximum absolute atomic E-state index is 13.2. The summed E-state index contributed by atoms with van der Waals surface area (Å²) < 4.78 is 1.08. The molecule has 2 aromatic carbocycles. The van der Waals surface area contributed by atoms with E-state index in [0.717, 1.165) is 34.3 Å². The van der Waals surface area contributed by atoms with E-state index in [2.05, 4.69) is 53.2 Å². The first kappa shape index (κ1) is 19.5. The topological polar surface area (TPSA) is 46.3 Å². The van der Waals surface area contributed by atoms with Crippen LogP contribution in [0, 0.1) is 5.92 Å². The van der Waals surface area contributed by atoms with Gasteiger partial charge < -0.3 is 4.90 Å². The van der Waals surface area contributed by atoms with Gasteiger partial charge in [-0.25, -0.2) is 0 Å². The summed E-state index contributed by atoms with van der Waals surface area (Å²) in [6, 6.07) is 12.7. The molecule has 1 amide bonds. The molecule has 0 spiro atoms. The zero-order chi connectivity index (χ0) is 18.8. The fourth-order valence-corrected chi connectivity index (χ4v) is 4.69. The fourth-order valence-electron chi connectivity index (χ4n) is 3.95. The summed E-state index contributed by atoms with van der Waals surface area (Å²) in [6.07, 6.45) is 2.59. The molecule has 0 saturated heterocycles. The number of nitrogens with zero attached hydrogens (tertiary/aromatic N) is 1. The van der Waals surface area contributed by atoms with Gasteiger partial charge in [-0.2, -0.15) is 0 Å². The van der Waals surface area contributed by atoms with Crippen molar-refractivity contribution in [1.82, 2.24) is 0 Å². The summed E-state index contributed by atoms with van der Waals surface area (Å²) >= 11 is 4.76. The van der Waals surface area contributed by atoms with Crippen LogP contribution >= 0.6 is 27.9 Å². The van der Waals surface area contributed by atoms with E-state index in [1.165, 1.54) is 28.6 Å². The van der Waals surface area contributed by atoms with Crippen LogP contribution in [0.5, 0.6) is 0 Å². The summed E-state index contributed by atoms with van der Waals surface area (Å²) in [6.45, 7) is 6.13. The molecule has 0 saturated carbocycles. The number of carbonyl (C=O) groups is 1. The molecule has 138 valence electrons. The van der Waals surface area contributed by atoms with E-state index in [1.807, 2.05) is 24.8 Å². The number of halogens is 1. The van der Waals surface area contributed by atoms with Gasteiger partial charge in [-0.05, 0) is 79.1 Å². The predicted molar refractivity (Wildman–Crippen MR) is 114 cm³/mol. The second-order valence-corrected chi connectivity index (χ2v) is 8.31. The minimum Gasteiger partial charge on any atom is -0.309 e. The second kappa shape index (κ2) is 8.15. The molecule has 1 unspecified atom stereocenters. The van der Waals surface area contributed by atoms with Gasteiger partial charge in [0.15, 0.2) is 0 Å². The van der Waals surface area contributed by atoms with Crippen LogP contribution in [0.3, 0.4) is 0 Å². The molecule has 0 fully saturated rings. The van der Waals surface area contributed by atoms with E-state index in [-0.39, 0.29) is 17.9 Å². The monoisotopic (exact) mass is 432 g/mol. The van der Waals surface area contributed by atoms with Crippen LogP contribution in [0.4, 0.5) is 5.69 Å². The number of benzene rings is 2. The highest BCUT2D eigenvalue weighted by atomic mass is 79.9. The highest BCUT2D eigenvalue weighted by Gasteiger charge is 2.37. The summed E-state index contributed by atoms with van der Waals surface area (Å²) in [5.74, 6) is 0.282. The fraction of sp³-hybridized carbons (Fsp3) is 0.381. The Kier molecular flexibility index (Phi) is 6.10. The number of anilines is 1. The van der Waals surface area contributed by atoms with Crippen molar-refractivity contribution in [2.24, 2.45) is 11.1 Å². The number of hydrogen-bond acceptors (Lipinski definition) is 3. The molecule has 2 N–H and O–H groups in total. The van der Waals surface area contributed by atoms with Crippen molar-refractivity contribution >= 4 is 39.5 Å². The first-order valence-electron chi connectivity index (χ1n) is 9.17. The second-order valence-electron chi connectivity index (χ2n) is 6.69.